The Kier molecular flexibility index (Phi) is 5.55. The monoisotopic (exact) mass is 435 g/mol. The maximum absolute atomic E-state index is 13.9. The molecule has 1 N–H and O–H groups in total. The summed E-state index contributed by atoms with van der Waals surface area (Å²) < 4.78 is 30.2. The number of amides is 1. The van der Waals surface area contributed by atoms with E-state index in [2.05, 4.69) is 5.32 Å². The molecule has 0 atom stereocenters. The highest BCUT2D eigenvalue weighted by Crippen LogP contribution is 2.39. The summed E-state index contributed by atoms with van der Waals surface area (Å²) in [5, 5.41) is 23.2. The molecule has 0 saturated carbocycles. The number of nitrogens with zero attached hydrogens (tertiary/aromatic N) is 2. The molecule has 0 unspecified atom stereocenters. The smallest absolute Gasteiger partial charge is 0.296 e. The summed E-state index contributed by atoms with van der Waals surface area (Å²) in [6.07, 6.45) is 1.16. The van der Waals surface area contributed by atoms with Crippen LogP contribution in [0.5, 0.6) is 11.5 Å². The van der Waals surface area contributed by atoms with Crippen LogP contribution in [-0.2, 0) is 4.79 Å². The molecular weight excluding hydrogens is 421 g/mol. The number of hydrogen-bond acceptors (Lipinski definition) is 7. The maximum Gasteiger partial charge on any atom is 0.296 e. The molecule has 1 aliphatic heterocycles. The number of ether oxygens (including phenoxy) is 2. The molecule has 32 heavy (non-hydrogen) atoms. The minimum Gasteiger partial charge on any atom is -0.486 e. The van der Waals surface area contributed by atoms with Gasteiger partial charge >= 0.3 is 0 Å². The Morgan fingerprint density at radius 1 is 1.16 bits per heavy atom. The van der Waals surface area contributed by atoms with Crippen molar-refractivity contribution in [2.24, 2.45) is 0 Å². The molecule has 160 valence electrons. The van der Waals surface area contributed by atoms with Gasteiger partial charge in [-0.15, -0.1) is 0 Å². The predicted molar refractivity (Wildman–Crippen MR) is 110 cm³/mol. The summed E-state index contributed by atoms with van der Waals surface area (Å²) in [5.74, 6) is -0.604. The lowest BCUT2D eigenvalue weighted by atomic mass is 10.1. The summed E-state index contributed by atoms with van der Waals surface area (Å²) in [4.78, 5) is 23.4. The number of furan rings is 1. The van der Waals surface area contributed by atoms with Gasteiger partial charge in [0.2, 0.25) is 0 Å². The Balaban J connectivity index is 1.61. The van der Waals surface area contributed by atoms with Crippen molar-refractivity contribution in [3.8, 4) is 28.9 Å². The predicted octanol–water partition coefficient (Wildman–Crippen LogP) is 4.31. The van der Waals surface area contributed by atoms with E-state index in [0.717, 1.165) is 12.1 Å². The second-order valence-corrected chi connectivity index (χ2v) is 6.58. The van der Waals surface area contributed by atoms with Gasteiger partial charge in [0.1, 0.15) is 47.9 Å². The first-order valence-electron chi connectivity index (χ1n) is 9.32. The number of nitrogens with one attached hydrogen (secondary N) is 1. The van der Waals surface area contributed by atoms with Crippen LogP contribution >= 0.6 is 0 Å². The van der Waals surface area contributed by atoms with Crippen LogP contribution in [0.3, 0.4) is 0 Å². The lowest BCUT2D eigenvalue weighted by Crippen LogP contribution is -2.18. The van der Waals surface area contributed by atoms with Crippen molar-refractivity contribution in [3.05, 3.63) is 75.8 Å². The average Bonchev–Trinajstić information content (AvgIpc) is 3.25. The van der Waals surface area contributed by atoms with E-state index in [0.29, 0.717) is 0 Å². The van der Waals surface area contributed by atoms with E-state index >= 15 is 0 Å². The Morgan fingerprint density at radius 2 is 1.88 bits per heavy atom. The molecule has 0 fully saturated rings. The molecule has 2 heterocycles. The van der Waals surface area contributed by atoms with Crippen molar-refractivity contribution in [2.75, 3.05) is 18.5 Å². The number of anilines is 1. The number of carbonyl (C=O) groups excluding carboxylic acids is 1. The van der Waals surface area contributed by atoms with Crippen molar-refractivity contribution >= 4 is 23.4 Å². The van der Waals surface area contributed by atoms with Crippen LogP contribution in [0.1, 0.15) is 5.76 Å². The van der Waals surface area contributed by atoms with Gasteiger partial charge in [-0.25, -0.2) is 4.39 Å². The number of nitro benzene ring substituents is 1. The van der Waals surface area contributed by atoms with Crippen molar-refractivity contribution in [1.29, 1.82) is 5.26 Å². The Morgan fingerprint density at radius 3 is 2.56 bits per heavy atom. The van der Waals surface area contributed by atoms with Gasteiger partial charge in [-0.1, -0.05) is 12.1 Å². The Bertz CT molecular complexity index is 1290. The summed E-state index contributed by atoms with van der Waals surface area (Å²) in [6, 6.07) is 13.1. The maximum atomic E-state index is 13.9. The molecule has 4 rings (SSSR count). The molecule has 1 aliphatic rings. The van der Waals surface area contributed by atoms with Crippen LogP contribution < -0.4 is 14.8 Å². The highest BCUT2D eigenvalue weighted by molar-refractivity contribution is 6.10. The normalized spacial score (nSPS) is 12.7. The van der Waals surface area contributed by atoms with Crippen LogP contribution in [0, 0.1) is 27.3 Å². The number of nitriles is 1. The summed E-state index contributed by atoms with van der Waals surface area (Å²) in [7, 11) is 0. The van der Waals surface area contributed by atoms with Gasteiger partial charge in [0.25, 0.3) is 11.6 Å². The van der Waals surface area contributed by atoms with E-state index in [4.69, 9.17) is 13.9 Å². The minimum absolute atomic E-state index is 0.131. The Labute approximate surface area is 180 Å². The molecule has 0 aliphatic carbocycles. The lowest BCUT2D eigenvalue weighted by molar-refractivity contribution is -0.384. The zero-order valence-corrected chi connectivity index (χ0v) is 16.3. The van der Waals surface area contributed by atoms with Gasteiger partial charge < -0.3 is 19.2 Å². The zero-order valence-electron chi connectivity index (χ0n) is 16.3. The van der Waals surface area contributed by atoms with Crippen molar-refractivity contribution in [3.63, 3.8) is 0 Å². The SMILES string of the molecule is N#C/C(=C\c1ccc(-c2ccccc2F)o1)C(=O)Nc1cc2c(cc1[N+](=O)[O-])OCCO2. The highest BCUT2D eigenvalue weighted by Gasteiger charge is 2.24. The van der Waals surface area contributed by atoms with E-state index in [1.165, 1.54) is 36.4 Å². The largest absolute Gasteiger partial charge is 0.486 e. The van der Waals surface area contributed by atoms with E-state index < -0.39 is 22.3 Å². The van der Waals surface area contributed by atoms with Crippen molar-refractivity contribution in [1.82, 2.24) is 0 Å². The first-order chi connectivity index (χ1) is 15.5. The molecule has 1 amide bonds. The van der Waals surface area contributed by atoms with Crippen molar-refractivity contribution < 1.29 is 28.0 Å². The van der Waals surface area contributed by atoms with E-state index in [-0.39, 0.29) is 53.1 Å². The summed E-state index contributed by atoms with van der Waals surface area (Å²) in [6.45, 7) is 0.500. The number of hydrogen-bond donors (Lipinski definition) is 1. The summed E-state index contributed by atoms with van der Waals surface area (Å²) in [5.41, 5.74) is -0.720. The minimum atomic E-state index is -0.892. The van der Waals surface area contributed by atoms with E-state index in [1.54, 1.807) is 12.1 Å². The zero-order chi connectivity index (χ0) is 22.7. The molecular formula is C22H14FN3O6. The van der Waals surface area contributed by atoms with Gasteiger partial charge in [-0.2, -0.15) is 5.26 Å². The van der Waals surface area contributed by atoms with Gasteiger partial charge in [0, 0.05) is 12.1 Å². The van der Waals surface area contributed by atoms with Crippen LogP contribution in [0.25, 0.3) is 17.4 Å². The highest BCUT2D eigenvalue weighted by atomic mass is 19.1. The van der Waals surface area contributed by atoms with E-state index in [9.17, 15) is 24.6 Å². The van der Waals surface area contributed by atoms with Gasteiger partial charge in [0.05, 0.1) is 16.6 Å². The Hall–Kier alpha value is -4.65. The topological polar surface area (TPSA) is 128 Å². The molecule has 3 aromatic rings. The second-order valence-electron chi connectivity index (χ2n) is 6.58. The molecule has 0 bridgehead atoms. The molecule has 0 spiro atoms. The summed E-state index contributed by atoms with van der Waals surface area (Å²) >= 11 is 0. The first-order valence-corrected chi connectivity index (χ1v) is 9.32. The fourth-order valence-electron chi connectivity index (χ4n) is 3.05. The quantitative estimate of drug-likeness (QED) is 0.274. The molecule has 10 heteroatoms. The lowest BCUT2D eigenvalue weighted by Gasteiger charge is -2.19. The fraction of sp³-hybridized carbons (Fsp3) is 0.0909. The standard InChI is InChI=1S/C22H14FN3O6/c23-16-4-2-1-3-15(16)19-6-5-14(32-19)9-13(12-24)22(27)25-17-10-20-21(31-8-7-30-20)11-18(17)26(28)29/h1-6,9-11H,7-8H2,(H,25,27)/b13-9+. The van der Waals surface area contributed by atoms with Gasteiger partial charge in [-0.3, -0.25) is 14.9 Å². The van der Waals surface area contributed by atoms with Gasteiger partial charge in [0.15, 0.2) is 11.5 Å². The average molecular weight is 435 g/mol. The van der Waals surface area contributed by atoms with Crippen LogP contribution in [0.15, 0.2) is 58.5 Å². The number of rotatable bonds is 5. The number of carbonyl (C=O) groups is 1. The van der Waals surface area contributed by atoms with Crippen LogP contribution in [-0.4, -0.2) is 24.0 Å². The van der Waals surface area contributed by atoms with Crippen molar-refractivity contribution in [2.45, 2.75) is 0 Å². The number of nitro groups is 1. The fourth-order valence-corrected chi connectivity index (χ4v) is 3.05. The third kappa shape index (κ3) is 4.13. The molecule has 0 radical (unpaired) electrons. The number of halogens is 1. The third-order valence-corrected chi connectivity index (χ3v) is 4.52. The third-order valence-electron chi connectivity index (χ3n) is 4.52. The first kappa shape index (κ1) is 20.6. The van der Waals surface area contributed by atoms with Crippen LogP contribution in [0.4, 0.5) is 15.8 Å². The molecule has 0 saturated heterocycles. The molecule has 2 aromatic carbocycles. The second kappa shape index (κ2) is 8.61. The number of fused-ring (bicyclic) bond motifs is 1. The van der Waals surface area contributed by atoms with E-state index in [1.807, 2.05) is 0 Å². The molecule has 1 aromatic heterocycles. The van der Waals surface area contributed by atoms with Gasteiger partial charge in [-0.05, 0) is 24.3 Å². The number of benzene rings is 2. The molecule has 9 nitrogen and oxygen atoms in total. The van der Waals surface area contributed by atoms with Crippen LogP contribution in [0.2, 0.25) is 0 Å².